The third-order valence-corrected chi connectivity index (χ3v) is 4.29. The Balaban J connectivity index is 0.00000420. The van der Waals surface area contributed by atoms with E-state index in [2.05, 4.69) is 39.1 Å². The number of benzene rings is 1. The van der Waals surface area contributed by atoms with E-state index < -0.39 is 12.4 Å². The first-order valence-electron chi connectivity index (χ1n) is 9.39. The fourth-order valence-electron chi connectivity index (χ4n) is 3.11. The molecule has 166 valence electrons. The third-order valence-electron chi connectivity index (χ3n) is 4.29. The summed E-state index contributed by atoms with van der Waals surface area (Å²) in [7, 11) is 1.58. The van der Waals surface area contributed by atoms with E-state index in [1.807, 2.05) is 0 Å². The molecule has 1 saturated heterocycles. The number of halogens is 4. The van der Waals surface area contributed by atoms with Crippen LogP contribution in [0.5, 0.6) is 5.75 Å². The summed E-state index contributed by atoms with van der Waals surface area (Å²) >= 11 is 0. The van der Waals surface area contributed by atoms with Crippen molar-refractivity contribution in [1.29, 1.82) is 0 Å². The number of hydrogen-bond donors (Lipinski definition) is 2. The van der Waals surface area contributed by atoms with Gasteiger partial charge in [-0.05, 0) is 18.1 Å². The van der Waals surface area contributed by atoms with Crippen LogP contribution in [-0.4, -0.2) is 63.4 Å². The Bertz CT molecular complexity index is 650. The molecular formula is C19H30F3IN4O2. The molecule has 2 rings (SSSR count). The van der Waals surface area contributed by atoms with E-state index in [0.717, 1.165) is 19.6 Å². The summed E-state index contributed by atoms with van der Waals surface area (Å²) in [5.74, 6) is 0.196. The van der Waals surface area contributed by atoms with Gasteiger partial charge in [-0.1, -0.05) is 19.9 Å². The van der Waals surface area contributed by atoms with Crippen molar-refractivity contribution in [2.75, 3.05) is 39.8 Å². The predicted octanol–water partition coefficient (Wildman–Crippen LogP) is 3.07. The highest BCUT2D eigenvalue weighted by molar-refractivity contribution is 14.0. The average Bonchev–Trinajstić information content (AvgIpc) is 2.63. The van der Waals surface area contributed by atoms with E-state index in [-0.39, 0.29) is 47.9 Å². The Labute approximate surface area is 187 Å². The molecule has 29 heavy (non-hydrogen) atoms. The SMILES string of the molecule is CN=C(NCc1c(F)cccc1OC(F)F)NCC1CN(CC(C)C)CCO1.I. The normalized spacial score (nSPS) is 17.9. The first kappa shape index (κ1) is 25.8. The Morgan fingerprint density at radius 2 is 2.10 bits per heavy atom. The Morgan fingerprint density at radius 3 is 2.76 bits per heavy atom. The lowest BCUT2D eigenvalue weighted by Crippen LogP contribution is -2.50. The molecule has 0 spiro atoms. The lowest BCUT2D eigenvalue weighted by molar-refractivity contribution is -0.0506. The Morgan fingerprint density at radius 1 is 1.34 bits per heavy atom. The molecule has 0 saturated carbocycles. The molecule has 1 unspecified atom stereocenters. The molecule has 1 aromatic carbocycles. The van der Waals surface area contributed by atoms with Crippen LogP contribution in [0, 0.1) is 11.7 Å². The van der Waals surface area contributed by atoms with Gasteiger partial charge in [0.1, 0.15) is 11.6 Å². The molecule has 0 radical (unpaired) electrons. The number of aliphatic imine (C=N–C) groups is 1. The van der Waals surface area contributed by atoms with E-state index in [1.54, 1.807) is 7.05 Å². The van der Waals surface area contributed by atoms with Gasteiger partial charge in [0.15, 0.2) is 5.96 Å². The summed E-state index contributed by atoms with van der Waals surface area (Å²) in [6.07, 6.45) is 0.0113. The molecule has 0 amide bonds. The van der Waals surface area contributed by atoms with Gasteiger partial charge in [0, 0.05) is 45.3 Å². The number of morpholine rings is 1. The molecule has 1 aliphatic rings. The molecule has 2 N–H and O–H groups in total. The van der Waals surface area contributed by atoms with Crippen molar-refractivity contribution in [1.82, 2.24) is 15.5 Å². The van der Waals surface area contributed by atoms with Crippen LogP contribution in [0.2, 0.25) is 0 Å². The van der Waals surface area contributed by atoms with E-state index in [1.165, 1.54) is 18.2 Å². The standard InChI is InChI=1S/C19H29F3N4O2.HI/c1-13(2)11-26-7-8-27-14(12-26)9-24-19(23-3)25-10-15-16(20)5-4-6-17(15)28-18(21)22;/h4-6,13-14,18H,7-12H2,1-3H3,(H2,23,24,25);1H. The van der Waals surface area contributed by atoms with Crippen molar-refractivity contribution in [2.45, 2.75) is 33.1 Å². The third kappa shape index (κ3) is 8.95. The van der Waals surface area contributed by atoms with Gasteiger partial charge in [-0.3, -0.25) is 9.89 Å². The van der Waals surface area contributed by atoms with Crippen molar-refractivity contribution in [3.05, 3.63) is 29.6 Å². The van der Waals surface area contributed by atoms with Gasteiger partial charge >= 0.3 is 6.61 Å². The van der Waals surface area contributed by atoms with Crippen LogP contribution in [0.1, 0.15) is 19.4 Å². The molecular weight excluding hydrogens is 500 g/mol. The fourth-order valence-corrected chi connectivity index (χ4v) is 3.11. The maximum Gasteiger partial charge on any atom is 0.387 e. The number of nitrogens with one attached hydrogen (secondary N) is 2. The second-order valence-corrected chi connectivity index (χ2v) is 7.05. The Kier molecular flexibility index (Phi) is 11.7. The summed E-state index contributed by atoms with van der Waals surface area (Å²) in [5.41, 5.74) is 0.0165. The summed E-state index contributed by atoms with van der Waals surface area (Å²) in [6, 6.07) is 3.83. The maximum atomic E-state index is 14.0. The van der Waals surface area contributed by atoms with Gasteiger partial charge in [0.2, 0.25) is 0 Å². The van der Waals surface area contributed by atoms with E-state index >= 15 is 0 Å². The van der Waals surface area contributed by atoms with Gasteiger partial charge in [-0.25, -0.2) is 4.39 Å². The van der Waals surface area contributed by atoms with Gasteiger partial charge in [0.05, 0.1) is 12.7 Å². The molecule has 1 fully saturated rings. The molecule has 0 aromatic heterocycles. The first-order chi connectivity index (χ1) is 13.4. The van der Waals surface area contributed by atoms with Gasteiger partial charge in [0.25, 0.3) is 0 Å². The number of alkyl halides is 2. The zero-order valence-corrected chi connectivity index (χ0v) is 19.3. The van der Waals surface area contributed by atoms with E-state index in [9.17, 15) is 13.2 Å². The minimum absolute atomic E-state index is 0. The van der Waals surface area contributed by atoms with Gasteiger partial charge < -0.3 is 20.1 Å². The minimum atomic E-state index is -3.02. The van der Waals surface area contributed by atoms with Crippen LogP contribution in [0.25, 0.3) is 0 Å². The van der Waals surface area contributed by atoms with Crippen molar-refractivity contribution in [2.24, 2.45) is 10.9 Å². The smallest absolute Gasteiger partial charge is 0.387 e. The molecule has 1 atom stereocenters. The second-order valence-electron chi connectivity index (χ2n) is 7.05. The molecule has 1 aromatic rings. The van der Waals surface area contributed by atoms with Crippen LogP contribution in [0.4, 0.5) is 13.2 Å². The molecule has 0 bridgehead atoms. The monoisotopic (exact) mass is 530 g/mol. The predicted molar refractivity (Wildman–Crippen MR) is 118 cm³/mol. The zero-order valence-electron chi connectivity index (χ0n) is 17.0. The van der Waals surface area contributed by atoms with Crippen LogP contribution in [0.15, 0.2) is 23.2 Å². The van der Waals surface area contributed by atoms with Crippen molar-refractivity contribution >= 4 is 29.9 Å². The molecule has 10 heteroatoms. The molecule has 1 heterocycles. The Hall–Kier alpha value is -1.27. The topological polar surface area (TPSA) is 58.1 Å². The highest BCUT2D eigenvalue weighted by Crippen LogP contribution is 2.23. The number of hydrogen-bond acceptors (Lipinski definition) is 4. The van der Waals surface area contributed by atoms with Crippen LogP contribution >= 0.6 is 24.0 Å². The van der Waals surface area contributed by atoms with Crippen LogP contribution < -0.4 is 15.4 Å². The summed E-state index contributed by atoms with van der Waals surface area (Å²) in [6.45, 7) is 5.28. The first-order valence-corrected chi connectivity index (χ1v) is 9.39. The molecule has 1 aliphatic heterocycles. The van der Waals surface area contributed by atoms with E-state index in [4.69, 9.17) is 4.74 Å². The fraction of sp³-hybridized carbons (Fsp3) is 0.632. The van der Waals surface area contributed by atoms with E-state index in [0.29, 0.717) is 25.0 Å². The number of ether oxygens (including phenoxy) is 2. The number of nitrogens with zero attached hydrogens (tertiary/aromatic N) is 2. The largest absolute Gasteiger partial charge is 0.434 e. The zero-order chi connectivity index (χ0) is 20.5. The highest BCUT2D eigenvalue weighted by Gasteiger charge is 2.21. The molecule has 0 aliphatic carbocycles. The average molecular weight is 530 g/mol. The van der Waals surface area contributed by atoms with Crippen molar-refractivity contribution < 1.29 is 22.6 Å². The van der Waals surface area contributed by atoms with Crippen LogP contribution in [0.3, 0.4) is 0 Å². The second kappa shape index (κ2) is 13.1. The number of guanidine groups is 1. The lowest BCUT2D eigenvalue weighted by Gasteiger charge is -2.34. The minimum Gasteiger partial charge on any atom is -0.434 e. The summed E-state index contributed by atoms with van der Waals surface area (Å²) < 4.78 is 49.2. The lowest BCUT2D eigenvalue weighted by atomic mass is 10.2. The summed E-state index contributed by atoms with van der Waals surface area (Å²) in [4.78, 5) is 6.45. The maximum absolute atomic E-state index is 14.0. The molecule has 6 nitrogen and oxygen atoms in total. The highest BCUT2D eigenvalue weighted by atomic mass is 127. The summed E-state index contributed by atoms with van der Waals surface area (Å²) in [5, 5.41) is 6.07. The van der Waals surface area contributed by atoms with Crippen LogP contribution in [-0.2, 0) is 11.3 Å². The van der Waals surface area contributed by atoms with Crippen molar-refractivity contribution in [3.63, 3.8) is 0 Å². The quantitative estimate of drug-likeness (QED) is 0.308. The van der Waals surface area contributed by atoms with Gasteiger partial charge in [-0.2, -0.15) is 8.78 Å². The van der Waals surface area contributed by atoms with Gasteiger partial charge in [-0.15, -0.1) is 24.0 Å². The number of rotatable bonds is 8. The van der Waals surface area contributed by atoms with Crippen molar-refractivity contribution in [3.8, 4) is 5.75 Å².